The lowest BCUT2D eigenvalue weighted by molar-refractivity contribution is -0.386. The van der Waals surface area contributed by atoms with Crippen LogP contribution in [-0.2, 0) is 17.1 Å². The first-order chi connectivity index (χ1) is 11.0. The van der Waals surface area contributed by atoms with Crippen molar-refractivity contribution in [2.24, 2.45) is 0 Å². The molecular weight excluding hydrogens is 336 g/mol. The molecule has 2 heterocycles. The van der Waals surface area contributed by atoms with Gasteiger partial charge in [0, 0.05) is 18.1 Å². The Labute approximate surface area is 142 Å². The van der Waals surface area contributed by atoms with Crippen LogP contribution in [0.1, 0.15) is 17.0 Å². The zero-order valence-corrected chi connectivity index (χ0v) is 14.6. The van der Waals surface area contributed by atoms with Crippen LogP contribution in [-0.4, -0.2) is 32.9 Å². The molecule has 0 unspecified atom stereocenters. The minimum atomic E-state index is -0.465. The van der Waals surface area contributed by atoms with Crippen molar-refractivity contribution in [1.82, 2.24) is 15.1 Å². The molecule has 0 radical (unpaired) electrons. The van der Waals surface area contributed by atoms with Crippen molar-refractivity contribution < 1.29 is 9.72 Å². The summed E-state index contributed by atoms with van der Waals surface area (Å²) in [6, 6.07) is 2.09. The van der Waals surface area contributed by atoms with Gasteiger partial charge >= 0.3 is 5.69 Å². The van der Waals surface area contributed by atoms with Crippen molar-refractivity contribution >= 4 is 34.7 Å². The van der Waals surface area contributed by atoms with Gasteiger partial charge in [-0.25, -0.2) is 0 Å². The van der Waals surface area contributed by atoms with Gasteiger partial charge in [-0.05, 0) is 36.2 Å². The molecule has 0 spiro atoms. The van der Waals surface area contributed by atoms with E-state index < -0.39 is 4.92 Å². The summed E-state index contributed by atoms with van der Waals surface area (Å²) in [5, 5.41) is 22.0. The smallest absolute Gasteiger partial charge is 0.312 e. The third-order valence-corrected chi connectivity index (χ3v) is 5.00. The standard InChI is InChI=1S/C14H18N4O3S2/c1-10-14(18(20)21)11(2)17(16-10)7-13(19)15-4-6-23-9-12-3-5-22-8-12/h3,5,8H,4,6-7,9H2,1-2H3,(H,15,19). The average Bonchev–Trinajstić information content (AvgIpc) is 3.07. The molecule has 0 bridgehead atoms. The number of carbonyl (C=O) groups is 1. The summed E-state index contributed by atoms with van der Waals surface area (Å²) < 4.78 is 1.38. The fourth-order valence-corrected chi connectivity index (χ4v) is 3.71. The number of thioether (sulfide) groups is 1. The van der Waals surface area contributed by atoms with Crippen molar-refractivity contribution in [3.63, 3.8) is 0 Å². The van der Waals surface area contributed by atoms with E-state index in [9.17, 15) is 14.9 Å². The highest BCUT2D eigenvalue weighted by Gasteiger charge is 2.22. The molecule has 0 aromatic carbocycles. The maximum Gasteiger partial charge on any atom is 0.312 e. The van der Waals surface area contributed by atoms with Crippen LogP contribution in [0, 0.1) is 24.0 Å². The van der Waals surface area contributed by atoms with Crippen LogP contribution in [0.25, 0.3) is 0 Å². The minimum absolute atomic E-state index is 0.00426. The second-order valence-electron chi connectivity index (χ2n) is 4.97. The Morgan fingerprint density at radius 2 is 2.30 bits per heavy atom. The summed E-state index contributed by atoms with van der Waals surface area (Å²) in [7, 11) is 0. The molecule has 0 aliphatic carbocycles. The van der Waals surface area contributed by atoms with Crippen LogP contribution in [0.3, 0.4) is 0 Å². The number of amides is 1. The van der Waals surface area contributed by atoms with Gasteiger partial charge in [0.1, 0.15) is 17.9 Å². The van der Waals surface area contributed by atoms with Crippen LogP contribution in [0.15, 0.2) is 16.8 Å². The SMILES string of the molecule is Cc1nn(CC(=O)NCCSCc2ccsc2)c(C)c1[N+](=O)[O-]. The molecule has 0 aliphatic rings. The van der Waals surface area contributed by atoms with E-state index in [2.05, 4.69) is 21.9 Å². The Morgan fingerprint density at radius 3 is 2.91 bits per heavy atom. The zero-order chi connectivity index (χ0) is 16.8. The van der Waals surface area contributed by atoms with Gasteiger partial charge in [-0.1, -0.05) is 0 Å². The van der Waals surface area contributed by atoms with E-state index >= 15 is 0 Å². The Balaban J connectivity index is 1.74. The quantitative estimate of drug-likeness (QED) is 0.447. The Morgan fingerprint density at radius 1 is 1.52 bits per heavy atom. The molecule has 0 saturated heterocycles. The third-order valence-electron chi connectivity index (χ3n) is 3.24. The van der Waals surface area contributed by atoms with Crippen LogP contribution < -0.4 is 5.32 Å². The van der Waals surface area contributed by atoms with Crippen molar-refractivity contribution in [3.8, 4) is 0 Å². The predicted octanol–water partition coefficient (Wildman–Crippen LogP) is 2.52. The van der Waals surface area contributed by atoms with E-state index in [0.29, 0.717) is 17.9 Å². The van der Waals surface area contributed by atoms with Crippen molar-refractivity contribution in [3.05, 3.63) is 43.9 Å². The molecule has 2 rings (SSSR count). The highest BCUT2D eigenvalue weighted by molar-refractivity contribution is 7.98. The van der Waals surface area contributed by atoms with E-state index in [0.717, 1.165) is 11.5 Å². The number of rotatable bonds is 8. The molecule has 0 atom stereocenters. The lowest BCUT2D eigenvalue weighted by atomic mass is 10.3. The topological polar surface area (TPSA) is 90.1 Å². The van der Waals surface area contributed by atoms with Crippen molar-refractivity contribution in [1.29, 1.82) is 0 Å². The normalized spacial score (nSPS) is 10.7. The Kier molecular flexibility index (Phi) is 6.17. The summed E-state index contributed by atoms with van der Waals surface area (Å²) in [5.74, 6) is 1.56. The van der Waals surface area contributed by atoms with Crippen LogP contribution in [0.5, 0.6) is 0 Å². The zero-order valence-electron chi connectivity index (χ0n) is 12.9. The van der Waals surface area contributed by atoms with Gasteiger partial charge in [-0.15, -0.1) is 0 Å². The molecule has 0 saturated carbocycles. The Bertz CT molecular complexity index is 683. The monoisotopic (exact) mass is 354 g/mol. The molecule has 124 valence electrons. The van der Waals surface area contributed by atoms with Crippen LogP contribution in [0.4, 0.5) is 5.69 Å². The molecule has 9 heteroatoms. The number of nitro groups is 1. The third kappa shape index (κ3) is 4.80. The van der Waals surface area contributed by atoms with E-state index in [-0.39, 0.29) is 18.1 Å². The van der Waals surface area contributed by atoms with Crippen LogP contribution >= 0.6 is 23.1 Å². The van der Waals surface area contributed by atoms with Crippen LogP contribution in [0.2, 0.25) is 0 Å². The first kappa shape index (κ1) is 17.5. The summed E-state index contributed by atoms with van der Waals surface area (Å²) >= 11 is 3.43. The van der Waals surface area contributed by atoms with Crippen molar-refractivity contribution in [2.75, 3.05) is 12.3 Å². The maximum absolute atomic E-state index is 11.9. The second kappa shape index (κ2) is 8.11. The van der Waals surface area contributed by atoms with E-state index in [1.807, 2.05) is 5.38 Å². The van der Waals surface area contributed by atoms with E-state index in [1.165, 1.54) is 10.2 Å². The van der Waals surface area contributed by atoms with Gasteiger partial charge in [0.05, 0.1) is 4.92 Å². The largest absolute Gasteiger partial charge is 0.354 e. The lowest BCUT2D eigenvalue weighted by Crippen LogP contribution is -2.30. The molecule has 2 aromatic heterocycles. The molecular formula is C14H18N4O3S2. The summed E-state index contributed by atoms with van der Waals surface area (Å²) in [6.45, 7) is 3.73. The number of carbonyl (C=O) groups excluding carboxylic acids is 1. The molecule has 0 aliphatic heterocycles. The Hall–Kier alpha value is -1.87. The van der Waals surface area contributed by atoms with Gasteiger partial charge in [0.25, 0.3) is 0 Å². The fourth-order valence-electron chi connectivity index (χ4n) is 2.12. The fraction of sp³-hybridized carbons (Fsp3) is 0.429. The highest BCUT2D eigenvalue weighted by Crippen LogP contribution is 2.21. The lowest BCUT2D eigenvalue weighted by Gasteiger charge is -2.06. The number of aromatic nitrogens is 2. The highest BCUT2D eigenvalue weighted by atomic mass is 32.2. The van der Waals surface area contributed by atoms with Gasteiger partial charge < -0.3 is 5.32 Å². The maximum atomic E-state index is 11.9. The molecule has 1 amide bonds. The van der Waals surface area contributed by atoms with Gasteiger partial charge in [-0.2, -0.15) is 28.2 Å². The number of nitrogens with one attached hydrogen (secondary N) is 1. The van der Waals surface area contributed by atoms with E-state index in [1.54, 1.807) is 36.9 Å². The summed E-state index contributed by atoms with van der Waals surface area (Å²) in [5.41, 5.74) is 1.99. The summed E-state index contributed by atoms with van der Waals surface area (Å²) in [6.07, 6.45) is 0. The number of aryl methyl sites for hydroxylation is 1. The number of hydrogen-bond acceptors (Lipinski definition) is 6. The van der Waals surface area contributed by atoms with E-state index in [4.69, 9.17) is 0 Å². The number of hydrogen-bond donors (Lipinski definition) is 1. The molecule has 0 fully saturated rings. The number of thiophene rings is 1. The predicted molar refractivity (Wildman–Crippen MR) is 91.8 cm³/mol. The number of nitrogens with zero attached hydrogens (tertiary/aromatic N) is 3. The van der Waals surface area contributed by atoms with Gasteiger partial charge in [-0.3, -0.25) is 19.6 Å². The van der Waals surface area contributed by atoms with Gasteiger partial charge in [0.15, 0.2) is 0 Å². The minimum Gasteiger partial charge on any atom is -0.354 e. The average molecular weight is 354 g/mol. The first-order valence-corrected chi connectivity index (χ1v) is 9.12. The molecule has 1 N–H and O–H groups in total. The van der Waals surface area contributed by atoms with Crippen molar-refractivity contribution in [2.45, 2.75) is 26.1 Å². The molecule has 23 heavy (non-hydrogen) atoms. The molecule has 7 nitrogen and oxygen atoms in total. The summed E-state index contributed by atoms with van der Waals surface area (Å²) in [4.78, 5) is 22.4. The molecule has 2 aromatic rings. The second-order valence-corrected chi connectivity index (χ2v) is 6.85. The van der Waals surface area contributed by atoms with Gasteiger partial charge in [0.2, 0.25) is 5.91 Å². The first-order valence-electron chi connectivity index (χ1n) is 7.03.